The summed E-state index contributed by atoms with van der Waals surface area (Å²) in [6, 6.07) is 9.48. The van der Waals surface area contributed by atoms with Gasteiger partial charge in [0.1, 0.15) is 5.82 Å². The number of carbonyl (C=O) groups excluding carboxylic acids is 1. The van der Waals surface area contributed by atoms with Crippen LogP contribution in [0.2, 0.25) is 0 Å². The molecule has 1 N–H and O–H groups in total. The predicted molar refractivity (Wildman–Crippen MR) is 85.4 cm³/mol. The van der Waals surface area contributed by atoms with Gasteiger partial charge in [-0.2, -0.15) is 5.10 Å². The highest BCUT2D eigenvalue weighted by Gasteiger charge is 2.20. The van der Waals surface area contributed by atoms with E-state index in [4.69, 9.17) is 0 Å². The molecule has 23 heavy (non-hydrogen) atoms. The van der Waals surface area contributed by atoms with Crippen LogP contribution in [0.1, 0.15) is 22.6 Å². The van der Waals surface area contributed by atoms with Crippen LogP contribution >= 0.6 is 0 Å². The summed E-state index contributed by atoms with van der Waals surface area (Å²) in [6.07, 6.45) is 9.21. The van der Waals surface area contributed by atoms with Crippen molar-refractivity contribution >= 4 is 5.91 Å². The molecule has 6 nitrogen and oxygen atoms in total. The Morgan fingerprint density at radius 3 is 2.83 bits per heavy atom. The summed E-state index contributed by atoms with van der Waals surface area (Å²) >= 11 is 0. The number of aryl methyl sites for hydroxylation is 1. The molecule has 1 aromatic carbocycles. The number of nitrogens with zero attached hydrogens (tertiary/aromatic N) is 4. The molecule has 0 bridgehead atoms. The van der Waals surface area contributed by atoms with Crippen molar-refractivity contribution in [2.45, 2.75) is 25.4 Å². The van der Waals surface area contributed by atoms with Gasteiger partial charge in [0.05, 0.1) is 5.69 Å². The van der Waals surface area contributed by atoms with Gasteiger partial charge in [-0.1, -0.05) is 0 Å². The van der Waals surface area contributed by atoms with Crippen molar-refractivity contribution in [2.24, 2.45) is 0 Å². The first-order valence-electron chi connectivity index (χ1n) is 7.70. The second-order valence-corrected chi connectivity index (χ2v) is 5.70. The van der Waals surface area contributed by atoms with Crippen molar-refractivity contribution in [1.29, 1.82) is 0 Å². The topological polar surface area (TPSA) is 64.7 Å². The summed E-state index contributed by atoms with van der Waals surface area (Å²) < 4.78 is 3.87. The predicted octanol–water partition coefficient (Wildman–Crippen LogP) is 1.81. The van der Waals surface area contributed by atoms with Gasteiger partial charge in [-0.25, -0.2) is 9.67 Å². The SMILES string of the molecule is O=C(NC1CCc2nccn2C1)c1ccc(-n2cccn2)cc1. The fourth-order valence-electron chi connectivity index (χ4n) is 2.94. The molecule has 4 rings (SSSR count). The van der Waals surface area contributed by atoms with Gasteiger partial charge in [0, 0.05) is 49.4 Å². The molecule has 0 fully saturated rings. The number of hydrogen-bond acceptors (Lipinski definition) is 3. The maximum atomic E-state index is 12.4. The fourth-order valence-corrected chi connectivity index (χ4v) is 2.94. The third-order valence-electron chi connectivity index (χ3n) is 4.17. The van der Waals surface area contributed by atoms with Crippen LogP contribution in [0.4, 0.5) is 0 Å². The summed E-state index contributed by atoms with van der Waals surface area (Å²) in [7, 11) is 0. The van der Waals surface area contributed by atoms with E-state index in [0.717, 1.165) is 30.9 Å². The smallest absolute Gasteiger partial charge is 0.251 e. The number of rotatable bonds is 3. The molecule has 6 heteroatoms. The zero-order chi connectivity index (χ0) is 15.6. The monoisotopic (exact) mass is 307 g/mol. The van der Waals surface area contributed by atoms with E-state index in [2.05, 4.69) is 20.0 Å². The lowest BCUT2D eigenvalue weighted by Gasteiger charge is -2.24. The molecule has 0 saturated carbocycles. The maximum Gasteiger partial charge on any atom is 0.251 e. The number of aromatic nitrogens is 4. The van der Waals surface area contributed by atoms with Crippen molar-refractivity contribution in [1.82, 2.24) is 24.6 Å². The third-order valence-corrected chi connectivity index (χ3v) is 4.17. The minimum atomic E-state index is -0.0365. The number of nitrogens with one attached hydrogen (secondary N) is 1. The average molecular weight is 307 g/mol. The molecule has 116 valence electrons. The molecule has 1 aliphatic heterocycles. The highest BCUT2D eigenvalue weighted by Crippen LogP contribution is 2.14. The first-order valence-corrected chi connectivity index (χ1v) is 7.70. The molecule has 1 amide bonds. The minimum Gasteiger partial charge on any atom is -0.347 e. The fraction of sp³-hybridized carbons (Fsp3) is 0.235. The van der Waals surface area contributed by atoms with Crippen molar-refractivity contribution in [2.75, 3.05) is 0 Å². The van der Waals surface area contributed by atoms with E-state index >= 15 is 0 Å². The Bertz CT molecular complexity index is 804. The molecular formula is C17H17N5O. The normalized spacial score (nSPS) is 16.8. The van der Waals surface area contributed by atoms with Crippen molar-refractivity contribution in [3.8, 4) is 5.69 Å². The number of imidazole rings is 1. The zero-order valence-corrected chi connectivity index (χ0v) is 12.6. The Balaban J connectivity index is 1.43. The number of amides is 1. The van der Waals surface area contributed by atoms with Crippen LogP contribution in [0.25, 0.3) is 5.69 Å². The van der Waals surface area contributed by atoms with Gasteiger partial charge in [-0.15, -0.1) is 0 Å². The second-order valence-electron chi connectivity index (χ2n) is 5.70. The van der Waals surface area contributed by atoms with Crippen LogP contribution < -0.4 is 5.32 Å². The Morgan fingerprint density at radius 1 is 1.17 bits per heavy atom. The molecule has 0 saturated heterocycles. The average Bonchev–Trinajstić information content (AvgIpc) is 3.26. The van der Waals surface area contributed by atoms with Gasteiger partial charge >= 0.3 is 0 Å². The van der Waals surface area contributed by atoms with Crippen LogP contribution in [0, 0.1) is 0 Å². The summed E-state index contributed by atoms with van der Waals surface area (Å²) in [5.74, 6) is 1.06. The van der Waals surface area contributed by atoms with Crippen LogP contribution in [-0.4, -0.2) is 31.3 Å². The number of hydrogen-bond donors (Lipinski definition) is 1. The molecule has 3 heterocycles. The largest absolute Gasteiger partial charge is 0.347 e. The lowest BCUT2D eigenvalue weighted by Crippen LogP contribution is -2.40. The van der Waals surface area contributed by atoms with Crippen LogP contribution in [0.5, 0.6) is 0 Å². The summed E-state index contributed by atoms with van der Waals surface area (Å²) in [4.78, 5) is 16.7. The highest BCUT2D eigenvalue weighted by molar-refractivity contribution is 5.94. The molecule has 1 aliphatic rings. The first-order chi connectivity index (χ1) is 11.3. The van der Waals surface area contributed by atoms with Crippen LogP contribution in [-0.2, 0) is 13.0 Å². The first kappa shape index (κ1) is 13.8. The van der Waals surface area contributed by atoms with Gasteiger partial charge in [-0.05, 0) is 36.8 Å². The van der Waals surface area contributed by atoms with Crippen molar-refractivity contribution < 1.29 is 4.79 Å². The van der Waals surface area contributed by atoms with Gasteiger partial charge in [0.25, 0.3) is 5.91 Å². The lowest BCUT2D eigenvalue weighted by molar-refractivity contribution is 0.0927. The Labute approximate surface area is 133 Å². The van der Waals surface area contributed by atoms with E-state index in [1.54, 1.807) is 10.9 Å². The quantitative estimate of drug-likeness (QED) is 0.802. The van der Waals surface area contributed by atoms with Crippen LogP contribution in [0.3, 0.4) is 0 Å². The molecule has 2 aromatic heterocycles. The molecule has 0 radical (unpaired) electrons. The Kier molecular flexibility index (Phi) is 3.42. The number of benzene rings is 1. The zero-order valence-electron chi connectivity index (χ0n) is 12.6. The molecule has 1 unspecified atom stereocenters. The summed E-state index contributed by atoms with van der Waals surface area (Å²) in [6.45, 7) is 0.784. The maximum absolute atomic E-state index is 12.4. The van der Waals surface area contributed by atoms with E-state index in [1.165, 1.54) is 0 Å². The standard InChI is InChI=1S/C17H17N5O/c23-17(20-14-4-7-16-18-9-11-21(16)12-14)13-2-5-15(6-3-13)22-10-1-8-19-22/h1-3,5-6,8-11,14H,4,7,12H2,(H,20,23). The van der Waals surface area contributed by atoms with E-state index in [0.29, 0.717) is 5.56 Å². The molecule has 1 atom stereocenters. The van der Waals surface area contributed by atoms with Gasteiger partial charge in [0.2, 0.25) is 0 Å². The Morgan fingerprint density at radius 2 is 2.04 bits per heavy atom. The van der Waals surface area contributed by atoms with Crippen molar-refractivity contribution in [3.63, 3.8) is 0 Å². The lowest BCUT2D eigenvalue weighted by atomic mass is 10.1. The molecule has 3 aromatic rings. The van der Waals surface area contributed by atoms with E-state index in [1.807, 2.05) is 48.9 Å². The summed E-state index contributed by atoms with van der Waals surface area (Å²) in [5.41, 5.74) is 1.60. The Hall–Kier alpha value is -2.89. The van der Waals surface area contributed by atoms with E-state index < -0.39 is 0 Å². The van der Waals surface area contributed by atoms with E-state index in [9.17, 15) is 4.79 Å². The minimum absolute atomic E-state index is 0.0365. The number of fused-ring (bicyclic) bond motifs is 1. The highest BCUT2D eigenvalue weighted by atomic mass is 16.1. The molecule has 0 spiro atoms. The number of carbonyl (C=O) groups is 1. The molecular weight excluding hydrogens is 290 g/mol. The van der Waals surface area contributed by atoms with Gasteiger partial charge in [0.15, 0.2) is 0 Å². The third kappa shape index (κ3) is 2.75. The van der Waals surface area contributed by atoms with E-state index in [-0.39, 0.29) is 11.9 Å². The van der Waals surface area contributed by atoms with Gasteiger partial charge in [-0.3, -0.25) is 4.79 Å². The second kappa shape index (κ2) is 5.72. The summed E-state index contributed by atoms with van der Waals surface area (Å²) in [5, 5.41) is 7.29. The van der Waals surface area contributed by atoms with Gasteiger partial charge < -0.3 is 9.88 Å². The van der Waals surface area contributed by atoms with Crippen LogP contribution in [0.15, 0.2) is 55.1 Å². The molecule has 0 aliphatic carbocycles. The van der Waals surface area contributed by atoms with Crippen molar-refractivity contribution in [3.05, 3.63) is 66.5 Å².